The largest absolute Gasteiger partial charge is 0.339 e. The summed E-state index contributed by atoms with van der Waals surface area (Å²) in [5.74, 6) is 3.09. The molecule has 0 radical (unpaired) electrons. The van der Waals surface area contributed by atoms with Crippen molar-refractivity contribution < 1.29 is 4.52 Å². The Balaban J connectivity index is 1.90. The Hall–Kier alpha value is -0.750. The molecule has 19 heavy (non-hydrogen) atoms. The zero-order valence-electron chi connectivity index (χ0n) is 9.85. The van der Waals surface area contributed by atoms with Crippen LogP contribution in [0.1, 0.15) is 11.8 Å². The molecule has 0 bridgehead atoms. The number of nitrogens with zero attached hydrogens (tertiary/aromatic N) is 2. The summed E-state index contributed by atoms with van der Waals surface area (Å²) in [6.07, 6.45) is 0. The van der Waals surface area contributed by atoms with Crippen LogP contribution in [-0.2, 0) is 0 Å². The first kappa shape index (κ1) is 13.2. The van der Waals surface area contributed by atoms with Gasteiger partial charge in [-0.2, -0.15) is 16.7 Å². The average molecular weight is 316 g/mol. The van der Waals surface area contributed by atoms with E-state index in [0.717, 1.165) is 17.1 Å². The van der Waals surface area contributed by atoms with Crippen molar-refractivity contribution in [2.24, 2.45) is 5.73 Å². The molecule has 1 fully saturated rings. The summed E-state index contributed by atoms with van der Waals surface area (Å²) in [4.78, 5) is 4.41. The fourth-order valence-corrected chi connectivity index (χ4v) is 3.55. The maximum absolute atomic E-state index is 6.02. The van der Waals surface area contributed by atoms with Crippen LogP contribution in [-0.4, -0.2) is 27.7 Å². The highest BCUT2D eigenvalue weighted by Crippen LogP contribution is 2.32. The van der Waals surface area contributed by atoms with Gasteiger partial charge in [-0.15, -0.1) is 0 Å². The quantitative estimate of drug-likeness (QED) is 0.921. The van der Waals surface area contributed by atoms with E-state index < -0.39 is 0 Å². The Bertz CT molecular complexity index is 604. The van der Waals surface area contributed by atoms with E-state index in [1.807, 2.05) is 6.07 Å². The van der Waals surface area contributed by atoms with E-state index in [1.165, 1.54) is 0 Å². The van der Waals surface area contributed by atoms with Gasteiger partial charge in [0.1, 0.15) is 0 Å². The average Bonchev–Trinajstić information content (AvgIpc) is 3.01. The van der Waals surface area contributed by atoms with Crippen LogP contribution in [0.15, 0.2) is 22.7 Å². The molecule has 0 saturated carbocycles. The van der Waals surface area contributed by atoms with Gasteiger partial charge in [-0.3, -0.25) is 0 Å². The molecule has 0 amide bonds. The first-order valence-corrected chi connectivity index (χ1v) is 7.68. The summed E-state index contributed by atoms with van der Waals surface area (Å²) in [6.45, 7) is 0. The van der Waals surface area contributed by atoms with Crippen LogP contribution >= 0.6 is 35.0 Å². The number of hydrogen-bond acceptors (Lipinski definition) is 5. The monoisotopic (exact) mass is 315 g/mol. The van der Waals surface area contributed by atoms with Gasteiger partial charge in [0.25, 0.3) is 0 Å². The highest BCUT2D eigenvalue weighted by Gasteiger charge is 2.31. The second-order valence-corrected chi connectivity index (χ2v) is 6.28. The summed E-state index contributed by atoms with van der Waals surface area (Å²) in [6, 6.07) is 5.33. The molecule has 1 aliphatic rings. The molecule has 1 aliphatic heterocycles. The minimum absolute atomic E-state index is 0.0760. The van der Waals surface area contributed by atoms with Crippen LogP contribution in [0, 0.1) is 0 Å². The zero-order chi connectivity index (χ0) is 13.4. The Labute approximate surface area is 124 Å². The number of benzene rings is 1. The van der Waals surface area contributed by atoms with Crippen molar-refractivity contribution in [2.45, 2.75) is 12.0 Å². The van der Waals surface area contributed by atoms with Crippen LogP contribution in [0.3, 0.4) is 0 Å². The summed E-state index contributed by atoms with van der Waals surface area (Å²) >= 11 is 13.7. The van der Waals surface area contributed by atoms with Crippen LogP contribution in [0.4, 0.5) is 0 Å². The second-order valence-electron chi connectivity index (χ2n) is 4.39. The molecule has 7 heteroatoms. The molecular formula is C12H11Cl2N3OS. The minimum atomic E-state index is 0.0760. The molecule has 4 nitrogen and oxygen atoms in total. The lowest BCUT2D eigenvalue weighted by molar-refractivity contribution is 0.352. The number of aromatic nitrogens is 2. The molecular weight excluding hydrogens is 305 g/mol. The van der Waals surface area contributed by atoms with Crippen molar-refractivity contribution in [1.82, 2.24) is 10.1 Å². The Morgan fingerprint density at radius 2 is 2.11 bits per heavy atom. The normalized spacial score (nSPS) is 22.9. The number of hydrogen-bond donors (Lipinski definition) is 1. The summed E-state index contributed by atoms with van der Waals surface area (Å²) in [5.41, 5.74) is 6.80. The lowest BCUT2D eigenvalue weighted by Crippen LogP contribution is -2.26. The third-order valence-electron chi connectivity index (χ3n) is 3.06. The fraction of sp³-hybridized carbons (Fsp3) is 0.333. The van der Waals surface area contributed by atoms with Crippen molar-refractivity contribution in [3.8, 4) is 11.4 Å². The Morgan fingerprint density at radius 1 is 1.26 bits per heavy atom. The van der Waals surface area contributed by atoms with Gasteiger partial charge in [0, 0.05) is 23.1 Å². The molecule has 3 rings (SSSR count). The van der Waals surface area contributed by atoms with Crippen LogP contribution in [0.25, 0.3) is 11.4 Å². The van der Waals surface area contributed by atoms with Gasteiger partial charge >= 0.3 is 0 Å². The van der Waals surface area contributed by atoms with Gasteiger partial charge in [0.15, 0.2) is 0 Å². The van der Waals surface area contributed by atoms with Gasteiger partial charge in [-0.1, -0.05) is 28.4 Å². The molecule has 0 spiro atoms. The summed E-state index contributed by atoms with van der Waals surface area (Å²) < 4.78 is 5.31. The fourth-order valence-electron chi connectivity index (χ4n) is 1.96. The lowest BCUT2D eigenvalue weighted by atomic mass is 10.1. The summed E-state index contributed by atoms with van der Waals surface area (Å²) in [7, 11) is 0. The van der Waals surface area contributed by atoms with E-state index in [4.69, 9.17) is 33.5 Å². The number of halogens is 2. The third-order valence-corrected chi connectivity index (χ3v) is 5.02. The zero-order valence-corrected chi connectivity index (χ0v) is 12.2. The highest BCUT2D eigenvalue weighted by molar-refractivity contribution is 7.99. The van der Waals surface area contributed by atoms with Gasteiger partial charge in [-0.05, 0) is 18.2 Å². The van der Waals surface area contributed by atoms with Gasteiger partial charge in [-0.25, -0.2) is 0 Å². The van der Waals surface area contributed by atoms with Crippen molar-refractivity contribution in [3.05, 3.63) is 34.1 Å². The lowest BCUT2D eigenvalue weighted by Gasteiger charge is -2.07. The first-order valence-electron chi connectivity index (χ1n) is 5.77. The molecule has 1 aromatic carbocycles. The predicted octanol–water partition coefficient (Wildman–Crippen LogP) is 3.20. The van der Waals surface area contributed by atoms with Crippen LogP contribution in [0.5, 0.6) is 0 Å². The second kappa shape index (κ2) is 5.32. The van der Waals surface area contributed by atoms with Crippen LogP contribution in [0.2, 0.25) is 10.0 Å². The van der Waals surface area contributed by atoms with E-state index in [0.29, 0.717) is 21.8 Å². The standard InChI is InChI=1S/C12H11Cl2N3OS/c13-8-2-1-6(3-9(8)14)11-16-12(18-17-11)7-4-19-5-10(7)15/h1-3,7,10H,4-5,15H2. The first-order chi connectivity index (χ1) is 9.15. The molecule has 1 aromatic heterocycles. The summed E-state index contributed by atoms with van der Waals surface area (Å²) in [5, 5.41) is 4.96. The van der Waals surface area contributed by atoms with Crippen molar-refractivity contribution >= 4 is 35.0 Å². The maximum atomic E-state index is 6.02. The molecule has 1 saturated heterocycles. The van der Waals surface area contributed by atoms with E-state index in [9.17, 15) is 0 Å². The third kappa shape index (κ3) is 2.60. The number of nitrogens with two attached hydrogens (primary N) is 1. The molecule has 100 valence electrons. The van der Waals surface area contributed by atoms with Crippen LogP contribution < -0.4 is 5.73 Å². The topological polar surface area (TPSA) is 64.9 Å². The molecule has 2 atom stereocenters. The maximum Gasteiger partial charge on any atom is 0.232 e. The van der Waals surface area contributed by atoms with Gasteiger partial charge < -0.3 is 10.3 Å². The molecule has 2 aromatic rings. The van der Waals surface area contributed by atoms with Crippen molar-refractivity contribution in [1.29, 1.82) is 0 Å². The Kier molecular flexibility index (Phi) is 3.71. The molecule has 2 unspecified atom stereocenters. The van der Waals surface area contributed by atoms with E-state index in [1.54, 1.807) is 23.9 Å². The number of rotatable bonds is 2. The molecule has 2 N–H and O–H groups in total. The van der Waals surface area contributed by atoms with E-state index >= 15 is 0 Å². The number of thioether (sulfide) groups is 1. The SMILES string of the molecule is NC1CSCC1c1nc(-c2ccc(Cl)c(Cl)c2)no1. The van der Waals surface area contributed by atoms with Crippen molar-refractivity contribution in [2.75, 3.05) is 11.5 Å². The van der Waals surface area contributed by atoms with Crippen molar-refractivity contribution in [3.63, 3.8) is 0 Å². The molecule has 0 aliphatic carbocycles. The molecule has 2 heterocycles. The smallest absolute Gasteiger partial charge is 0.232 e. The van der Waals surface area contributed by atoms with Gasteiger partial charge in [0.2, 0.25) is 11.7 Å². The van der Waals surface area contributed by atoms with E-state index in [2.05, 4.69) is 10.1 Å². The van der Waals surface area contributed by atoms with E-state index in [-0.39, 0.29) is 12.0 Å². The minimum Gasteiger partial charge on any atom is -0.339 e. The van der Waals surface area contributed by atoms with Gasteiger partial charge in [0.05, 0.1) is 16.0 Å². The Morgan fingerprint density at radius 3 is 2.79 bits per heavy atom. The predicted molar refractivity (Wildman–Crippen MR) is 77.8 cm³/mol. The highest BCUT2D eigenvalue weighted by atomic mass is 35.5.